The number of nitrogens with one attached hydrogen (secondary N) is 1. The van der Waals surface area contributed by atoms with Gasteiger partial charge in [0.25, 0.3) is 0 Å². The molecule has 0 spiro atoms. The Kier molecular flexibility index (Phi) is 6.05. The maximum Gasteiger partial charge on any atom is 0.244 e. The van der Waals surface area contributed by atoms with Gasteiger partial charge in [0.2, 0.25) is 15.9 Å². The van der Waals surface area contributed by atoms with E-state index >= 15 is 0 Å². The van der Waals surface area contributed by atoms with Crippen molar-refractivity contribution in [3.05, 3.63) is 58.1 Å². The summed E-state index contributed by atoms with van der Waals surface area (Å²) < 4.78 is 27.0. The zero-order valence-electron chi connectivity index (χ0n) is 15.7. The monoisotopic (exact) mass is 440 g/mol. The number of rotatable bonds is 7. The summed E-state index contributed by atoms with van der Waals surface area (Å²) in [5, 5.41) is 3.56. The maximum absolute atomic E-state index is 13.0. The molecule has 0 unspecified atom stereocenters. The van der Waals surface area contributed by atoms with E-state index in [1.165, 1.54) is 16.4 Å². The predicted molar refractivity (Wildman–Crippen MR) is 113 cm³/mol. The van der Waals surface area contributed by atoms with Gasteiger partial charge in [-0.3, -0.25) is 4.79 Å². The molecule has 5 nitrogen and oxygen atoms in total. The molecule has 2 aromatic rings. The van der Waals surface area contributed by atoms with E-state index in [2.05, 4.69) is 5.32 Å². The zero-order valence-corrected chi connectivity index (χ0v) is 18.0. The molecule has 1 aliphatic rings. The number of hydrogen-bond donors (Lipinski definition) is 1. The van der Waals surface area contributed by atoms with Gasteiger partial charge in [-0.2, -0.15) is 4.31 Å². The van der Waals surface area contributed by atoms with E-state index in [1.54, 1.807) is 32.0 Å². The Balaban J connectivity index is 1.89. The molecule has 150 valence electrons. The number of carbonyl (C=O) groups is 1. The average Bonchev–Trinajstić information content (AvgIpc) is 3.46. The predicted octanol–water partition coefficient (Wildman–Crippen LogP) is 4.69. The second-order valence-electron chi connectivity index (χ2n) is 6.78. The van der Waals surface area contributed by atoms with Gasteiger partial charge in [-0.15, -0.1) is 0 Å². The van der Waals surface area contributed by atoms with E-state index in [-0.39, 0.29) is 15.8 Å². The molecule has 1 aliphatic carbocycles. The van der Waals surface area contributed by atoms with Crippen LogP contribution in [0.4, 0.5) is 5.69 Å². The molecule has 0 aliphatic heterocycles. The van der Waals surface area contributed by atoms with Crippen LogP contribution >= 0.6 is 23.2 Å². The third-order valence-electron chi connectivity index (χ3n) is 5.07. The van der Waals surface area contributed by atoms with Gasteiger partial charge in [0.15, 0.2) is 0 Å². The molecule has 3 rings (SSSR count). The summed E-state index contributed by atoms with van der Waals surface area (Å²) in [5.74, 6) is -0.178. The molecule has 0 aromatic heterocycles. The standard InChI is InChI=1S/C20H22Cl2N2O3S/c1-3-24(4-2)28(26,27)18-13-16(8-9-17(18)22)23-19(25)20(10-11-20)14-6-5-7-15(21)12-14/h5-9,12-13H,3-4,10-11H2,1-2H3,(H,23,25). The van der Waals surface area contributed by atoms with E-state index in [0.717, 1.165) is 18.4 Å². The third kappa shape index (κ3) is 3.92. The summed E-state index contributed by atoms with van der Waals surface area (Å²) in [4.78, 5) is 12.9. The molecule has 2 aromatic carbocycles. The van der Waals surface area contributed by atoms with Gasteiger partial charge in [-0.1, -0.05) is 49.2 Å². The lowest BCUT2D eigenvalue weighted by molar-refractivity contribution is -0.118. The fourth-order valence-electron chi connectivity index (χ4n) is 3.29. The van der Waals surface area contributed by atoms with Crippen molar-refractivity contribution in [1.29, 1.82) is 0 Å². The minimum absolute atomic E-state index is 0.0109. The van der Waals surface area contributed by atoms with Crippen LogP contribution in [0.1, 0.15) is 32.3 Å². The molecule has 0 saturated heterocycles. The summed E-state index contributed by atoms with van der Waals surface area (Å²) in [5.41, 5.74) is 0.638. The first-order valence-electron chi connectivity index (χ1n) is 9.12. The normalized spacial score (nSPS) is 15.5. The first-order chi connectivity index (χ1) is 13.2. The van der Waals surface area contributed by atoms with Gasteiger partial charge in [0, 0.05) is 23.8 Å². The van der Waals surface area contributed by atoms with Crippen molar-refractivity contribution in [2.45, 2.75) is 37.0 Å². The fourth-order valence-corrected chi connectivity index (χ4v) is 5.44. The van der Waals surface area contributed by atoms with E-state index in [0.29, 0.717) is 23.8 Å². The number of amides is 1. The van der Waals surface area contributed by atoms with E-state index in [1.807, 2.05) is 12.1 Å². The van der Waals surface area contributed by atoms with E-state index in [9.17, 15) is 13.2 Å². The summed E-state index contributed by atoms with van der Waals surface area (Å²) >= 11 is 12.2. The van der Waals surface area contributed by atoms with Crippen LogP contribution in [0.2, 0.25) is 10.0 Å². The first-order valence-corrected chi connectivity index (χ1v) is 11.3. The highest BCUT2D eigenvalue weighted by Gasteiger charge is 2.51. The van der Waals surface area contributed by atoms with Crippen LogP contribution in [-0.4, -0.2) is 31.7 Å². The molecule has 0 bridgehead atoms. The smallest absolute Gasteiger partial charge is 0.244 e. The molecule has 1 fully saturated rings. The van der Waals surface area contributed by atoms with Gasteiger partial charge >= 0.3 is 0 Å². The van der Waals surface area contributed by atoms with Crippen molar-refractivity contribution >= 4 is 44.8 Å². The molecule has 8 heteroatoms. The maximum atomic E-state index is 13.0. The highest BCUT2D eigenvalue weighted by Crippen LogP contribution is 2.49. The van der Waals surface area contributed by atoms with Gasteiger partial charge in [0.1, 0.15) is 4.90 Å². The quantitative estimate of drug-likeness (QED) is 0.678. The molecule has 1 amide bonds. The van der Waals surface area contributed by atoms with Crippen LogP contribution in [0, 0.1) is 0 Å². The Hall–Kier alpha value is -1.60. The lowest BCUT2D eigenvalue weighted by Crippen LogP contribution is -2.31. The lowest BCUT2D eigenvalue weighted by Gasteiger charge is -2.20. The van der Waals surface area contributed by atoms with Crippen molar-refractivity contribution < 1.29 is 13.2 Å². The second kappa shape index (κ2) is 8.03. The van der Waals surface area contributed by atoms with E-state index in [4.69, 9.17) is 23.2 Å². The van der Waals surface area contributed by atoms with Crippen LogP contribution in [-0.2, 0) is 20.2 Å². The fraction of sp³-hybridized carbons (Fsp3) is 0.350. The van der Waals surface area contributed by atoms with Crippen molar-refractivity contribution in [2.75, 3.05) is 18.4 Å². The minimum Gasteiger partial charge on any atom is -0.325 e. The average molecular weight is 441 g/mol. The van der Waals surface area contributed by atoms with Crippen LogP contribution in [0.25, 0.3) is 0 Å². The van der Waals surface area contributed by atoms with Gasteiger partial charge < -0.3 is 5.32 Å². The lowest BCUT2D eigenvalue weighted by atomic mass is 9.95. The molecule has 0 atom stereocenters. The number of hydrogen-bond acceptors (Lipinski definition) is 3. The Labute approximate surface area is 175 Å². The Bertz CT molecular complexity index is 1000. The van der Waals surface area contributed by atoms with E-state index < -0.39 is 15.4 Å². The number of sulfonamides is 1. The highest BCUT2D eigenvalue weighted by atomic mass is 35.5. The van der Waals surface area contributed by atoms with Gasteiger partial charge in [0.05, 0.1) is 10.4 Å². The molecular formula is C20H22Cl2N2O3S. The summed E-state index contributed by atoms with van der Waals surface area (Å²) in [6.07, 6.45) is 1.44. The van der Waals surface area contributed by atoms with Gasteiger partial charge in [-0.25, -0.2) is 8.42 Å². The number of anilines is 1. The molecule has 1 N–H and O–H groups in total. The topological polar surface area (TPSA) is 66.5 Å². The van der Waals surface area contributed by atoms with Gasteiger partial charge in [-0.05, 0) is 48.7 Å². The molecule has 0 heterocycles. The highest BCUT2D eigenvalue weighted by molar-refractivity contribution is 7.89. The van der Waals surface area contributed by atoms with Crippen LogP contribution < -0.4 is 5.32 Å². The van der Waals surface area contributed by atoms with Crippen LogP contribution in [0.15, 0.2) is 47.4 Å². The van der Waals surface area contributed by atoms with Crippen molar-refractivity contribution in [2.24, 2.45) is 0 Å². The van der Waals surface area contributed by atoms with Crippen LogP contribution in [0.3, 0.4) is 0 Å². The second-order valence-corrected chi connectivity index (χ2v) is 9.53. The Morgan fingerprint density at radius 2 is 1.79 bits per heavy atom. The minimum atomic E-state index is -3.74. The largest absolute Gasteiger partial charge is 0.325 e. The number of carbonyl (C=O) groups excluding carboxylic acids is 1. The van der Waals surface area contributed by atoms with Crippen molar-refractivity contribution in [3.63, 3.8) is 0 Å². The molecular weight excluding hydrogens is 419 g/mol. The van der Waals surface area contributed by atoms with Crippen LogP contribution in [0.5, 0.6) is 0 Å². The SMILES string of the molecule is CCN(CC)S(=O)(=O)c1cc(NC(=O)C2(c3cccc(Cl)c3)CC2)ccc1Cl. The first kappa shape index (κ1) is 21.1. The zero-order chi connectivity index (χ0) is 20.5. The molecule has 0 radical (unpaired) electrons. The van der Waals surface area contributed by atoms with Crippen molar-refractivity contribution in [1.82, 2.24) is 4.31 Å². The number of benzene rings is 2. The summed E-state index contributed by atoms with van der Waals surface area (Å²) in [6.45, 7) is 4.21. The van der Waals surface area contributed by atoms with Crippen molar-refractivity contribution in [3.8, 4) is 0 Å². The summed E-state index contributed by atoms with van der Waals surface area (Å²) in [7, 11) is -3.74. The molecule has 28 heavy (non-hydrogen) atoms. The number of halogens is 2. The third-order valence-corrected chi connectivity index (χ3v) is 7.84. The Morgan fingerprint density at radius 1 is 1.11 bits per heavy atom. The summed E-state index contributed by atoms with van der Waals surface area (Å²) in [6, 6.07) is 11.8. The number of nitrogens with zero attached hydrogens (tertiary/aromatic N) is 1. The molecule has 1 saturated carbocycles. The Morgan fingerprint density at radius 3 is 2.36 bits per heavy atom.